The lowest BCUT2D eigenvalue weighted by Crippen LogP contribution is -2.37. The number of carbonyl (C=O) groups excluding carboxylic acids is 1. The van der Waals surface area contributed by atoms with Crippen LogP contribution in [0.15, 0.2) is 30.3 Å². The van der Waals surface area contributed by atoms with E-state index in [1.807, 2.05) is 25.2 Å². The first-order chi connectivity index (χ1) is 9.06. The molecular weight excluding hydrogens is 238 g/mol. The van der Waals surface area contributed by atoms with Crippen molar-refractivity contribution < 1.29 is 4.79 Å². The molecule has 1 N–H and O–H groups in total. The normalized spacial score (nSPS) is 12.2. The van der Waals surface area contributed by atoms with Crippen LogP contribution in [0.3, 0.4) is 0 Å². The molecule has 19 heavy (non-hydrogen) atoms. The summed E-state index contributed by atoms with van der Waals surface area (Å²) >= 11 is 0. The fraction of sp³-hybridized carbons (Fsp3) is 0.467. The van der Waals surface area contributed by atoms with E-state index in [1.54, 1.807) is 12.1 Å². The van der Waals surface area contributed by atoms with Crippen molar-refractivity contribution in [3.63, 3.8) is 0 Å². The minimum Gasteiger partial charge on any atom is -0.353 e. The summed E-state index contributed by atoms with van der Waals surface area (Å²) in [6, 6.07) is 11.6. The molecule has 1 amide bonds. The maximum Gasteiger partial charge on any atom is 0.241 e. The maximum atomic E-state index is 12.0. The Labute approximate surface area is 115 Å². The molecule has 1 aromatic carbocycles. The molecule has 0 saturated heterocycles. The Bertz CT molecular complexity index is 436. The molecule has 1 rings (SSSR count). The molecule has 102 valence electrons. The van der Waals surface area contributed by atoms with Gasteiger partial charge in [0.05, 0.1) is 6.07 Å². The third-order valence-corrected chi connectivity index (χ3v) is 3.17. The first kappa shape index (κ1) is 15.2. The zero-order valence-electron chi connectivity index (χ0n) is 11.8. The van der Waals surface area contributed by atoms with Gasteiger partial charge in [-0.05, 0) is 26.5 Å². The summed E-state index contributed by atoms with van der Waals surface area (Å²) in [5.41, 5.74) is 0.736. The fourth-order valence-electron chi connectivity index (χ4n) is 1.65. The highest BCUT2D eigenvalue weighted by Crippen LogP contribution is 2.14. The van der Waals surface area contributed by atoms with E-state index in [9.17, 15) is 4.79 Å². The maximum absolute atomic E-state index is 12.0. The number of nitrogens with one attached hydrogen (secondary N) is 1. The third kappa shape index (κ3) is 4.72. The van der Waals surface area contributed by atoms with Crippen molar-refractivity contribution in [3.05, 3.63) is 35.9 Å². The van der Waals surface area contributed by atoms with Crippen LogP contribution in [0.1, 0.15) is 25.3 Å². The summed E-state index contributed by atoms with van der Waals surface area (Å²) in [6.45, 7) is 5.53. The Morgan fingerprint density at radius 3 is 2.53 bits per heavy atom. The highest BCUT2D eigenvalue weighted by atomic mass is 16.1. The van der Waals surface area contributed by atoms with Gasteiger partial charge in [-0.15, -0.1) is 0 Å². The predicted octanol–water partition coefficient (Wildman–Crippen LogP) is 1.75. The molecule has 0 bridgehead atoms. The molecule has 4 nitrogen and oxygen atoms in total. The van der Waals surface area contributed by atoms with Crippen molar-refractivity contribution >= 4 is 5.91 Å². The molecule has 0 saturated carbocycles. The SMILES string of the molecule is CC(C)N(C)CCNC(=O)C(C#N)c1ccccc1. The van der Waals surface area contributed by atoms with Crippen molar-refractivity contribution in [2.75, 3.05) is 20.1 Å². The number of nitrogens with zero attached hydrogens (tertiary/aromatic N) is 2. The van der Waals surface area contributed by atoms with Gasteiger partial charge in [0, 0.05) is 19.1 Å². The van der Waals surface area contributed by atoms with E-state index in [1.165, 1.54) is 0 Å². The Morgan fingerprint density at radius 2 is 2.00 bits per heavy atom. The smallest absolute Gasteiger partial charge is 0.241 e. The first-order valence-corrected chi connectivity index (χ1v) is 6.48. The van der Waals surface area contributed by atoms with E-state index < -0.39 is 5.92 Å². The monoisotopic (exact) mass is 259 g/mol. The highest BCUT2D eigenvalue weighted by molar-refractivity contribution is 5.86. The molecule has 0 radical (unpaired) electrons. The summed E-state index contributed by atoms with van der Waals surface area (Å²) in [7, 11) is 2.01. The Morgan fingerprint density at radius 1 is 1.37 bits per heavy atom. The molecular formula is C15H21N3O. The van der Waals surface area contributed by atoms with E-state index in [-0.39, 0.29) is 5.91 Å². The zero-order valence-corrected chi connectivity index (χ0v) is 11.8. The second-order valence-electron chi connectivity index (χ2n) is 4.84. The molecule has 0 aliphatic carbocycles. The molecule has 0 spiro atoms. The number of benzene rings is 1. The van der Waals surface area contributed by atoms with Gasteiger partial charge in [-0.3, -0.25) is 4.79 Å². The number of hydrogen-bond donors (Lipinski definition) is 1. The number of nitriles is 1. The summed E-state index contributed by atoms with van der Waals surface area (Å²) in [5.74, 6) is -0.962. The van der Waals surface area contributed by atoms with Crippen LogP contribution in [0.2, 0.25) is 0 Å². The van der Waals surface area contributed by atoms with Gasteiger partial charge < -0.3 is 10.2 Å². The van der Waals surface area contributed by atoms with E-state index in [0.717, 1.165) is 12.1 Å². The topological polar surface area (TPSA) is 56.1 Å². The van der Waals surface area contributed by atoms with Gasteiger partial charge in [-0.1, -0.05) is 30.3 Å². The number of hydrogen-bond acceptors (Lipinski definition) is 3. The lowest BCUT2D eigenvalue weighted by molar-refractivity contribution is -0.121. The molecule has 1 unspecified atom stereocenters. The molecule has 0 aliphatic heterocycles. The zero-order chi connectivity index (χ0) is 14.3. The molecule has 4 heteroatoms. The Hall–Kier alpha value is -1.86. The van der Waals surface area contributed by atoms with Crippen LogP contribution >= 0.6 is 0 Å². The van der Waals surface area contributed by atoms with Crippen LogP contribution in [0.5, 0.6) is 0 Å². The number of amides is 1. The van der Waals surface area contributed by atoms with Crippen molar-refractivity contribution in [2.45, 2.75) is 25.8 Å². The van der Waals surface area contributed by atoms with Crippen LogP contribution < -0.4 is 5.32 Å². The standard InChI is InChI=1S/C15H21N3O/c1-12(2)18(3)10-9-17-15(19)14(11-16)13-7-5-4-6-8-13/h4-8,12,14H,9-10H2,1-3H3,(H,17,19). The minimum atomic E-state index is -0.731. The number of rotatable bonds is 6. The van der Waals surface area contributed by atoms with Gasteiger partial charge in [0.2, 0.25) is 5.91 Å². The van der Waals surface area contributed by atoms with Crippen molar-refractivity contribution in [1.82, 2.24) is 10.2 Å². The van der Waals surface area contributed by atoms with Crippen LogP contribution in [0, 0.1) is 11.3 Å². The average molecular weight is 259 g/mol. The second kappa shape index (κ2) is 7.55. The summed E-state index contributed by atoms with van der Waals surface area (Å²) in [5, 5.41) is 11.9. The van der Waals surface area contributed by atoms with E-state index in [0.29, 0.717) is 12.6 Å². The molecule has 0 heterocycles. The molecule has 1 atom stereocenters. The lowest BCUT2D eigenvalue weighted by Gasteiger charge is -2.21. The Kier molecular flexibility index (Phi) is 6.04. The lowest BCUT2D eigenvalue weighted by atomic mass is 10.00. The minimum absolute atomic E-state index is 0.231. The predicted molar refractivity (Wildman–Crippen MR) is 75.6 cm³/mol. The second-order valence-corrected chi connectivity index (χ2v) is 4.84. The van der Waals surface area contributed by atoms with Gasteiger partial charge in [-0.25, -0.2) is 0 Å². The van der Waals surface area contributed by atoms with E-state index in [4.69, 9.17) is 5.26 Å². The van der Waals surface area contributed by atoms with Crippen LogP contribution in [-0.4, -0.2) is 37.0 Å². The van der Waals surface area contributed by atoms with Crippen LogP contribution in [0.25, 0.3) is 0 Å². The average Bonchev–Trinajstić information content (AvgIpc) is 2.40. The van der Waals surface area contributed by atoms with Gasteiger partial charge in [-0.2, -0.15) is 5.26 Å². The largest absolute Gasteiger partial charge is 0.353 e. The van der Waals surface area contributed by atoms with Crippen molar-refractivity contribution in [1.29, 1.82) is 5.26 Å². The van der Waals surface area contributed by atoms with E-state index in [2.05, 4.69) is 30.1 Å². The van der Waals surface area contributed by atoms with Crippen LogP contribution in [0.4, 0.5) is 0 Å². The summed E-state index contributed by atoms with van der Waals surface area (Å²) in [4.78, 5) is 14.1. The highest BCUT2D eigenvalue weighted by Gasteiger charge is 2.19. The van der Waals surface area contributed by atoms with Gasteiger partial charge in [0.25, 0.3) is 0 Å². The molecule has 0 fully saturated rings. The molecule has 0 aliphatic rings. The molecule has 1 aromatic rings. The summed E-state index contributed by atoms with van der Waals surface area (Å²) in [6.07, 6.45) is 0. The van der Waals surface area contributed by atoms with Gasteiger partial charge >= 0.3 is 0 Å². The fourth-order valence-corrected chi connectivity index (χ4v) is 1.65. The van der Waals surface area contributed by atoms with Crippen LogP contribution in [-0.2, 0) is 4.79 Å². The van der Waals surface area contributed by atoms with Gasteiger partial charge in [0.15, 0.2) is 0 Å². The quantitative estimate of drug-likeness (QED) is 0.846. The van der Waals surface area contributed by atoms with E-state index >= 15 is 0 Å². The van der Waals surface area contributed by atoms with Crippen molar-refractivity contribution in [3.8, 4) is 6.07 Å². The Balaban J connectivity index is 2.51. The van der Waals surface area contributed by atoms with Gasteiger partial charge in [0.1, 0.15) is 5.92 Å². The van der Waals surface area contributed by atoms with Crippen molar-refractivity contribution in [2.24, 2.45) is 0 Å². The molecule has 0 aromatic heterocycles. The number of likely N-dealkylation sites (N-methyl/N-ethyl adjacent to an activating group) is 1. The summed E-state index contributed by atoms with van der Waals surface area (Å²) < 4.78 is 0. The third-order valence-electron chi connectivity index (χ3n) is 3.17. The number of carbonyl (C=O) groups is 1. The first-order valence-electron chi connectivity index (χ1n) is 6.48.